The zero-order valence-corrected chi connectivity index (χ0v) is 18.7. The summed E-state index contributed by atoms with van der Waals surface area (Å²) in [7, 11) is 2.03. The van der Waals surface area contributed by atoms with Gasteiger partial charge in [-0.05, 0) is 36.2 Å². The zero-order chi connectivity index (χ0) is 21.5. The lowest BCUT2D eigenvalue weighted by Crippen LogP contribution is -2.50. The molecule has 1 aliphatic rings. The van der Waals surface area contributed by atoms with E-state index in [9.17, 15) is 14.7 Å². The van der Waals surface area contributed by atoms with Gasteiger partial charge in [-0.3, -0.25) is 9.59 Å². The second kappa shape index (κ2) is 12.0. The van der Waals surface area contributed by atoms with Crippen LogP contribution >= 0.6 is 12.4 Å². The molecule has 31 heavy (non-hydrogen) atoms. The highest BCUT2D eigenvalue weighted by molar-refractivity contribution is 5.88. The lowest BCUT2D eigenvalue weighted by Gasteiger charge is -2.21. The predicted octanol–water partition coefficient (Wildman–Crippen LogP) is 1.21. The molecule has 2 aromatic carbocycles. The van der Waals surface area contributed by atoms with E-state index >= 15 is 0 Å². The Morgan fingerprint density at radius 2 is 1.90 bits per heavy atom. The smallest absolute Gasteiger partial charge is 0.243 e. The predicted molar refractivity (Wildman–Crippen MR) is 125 cm³/mol. The van der Waals surface area contributed by atoms with Crippen LogP contribution in [-0.2, 0) is 16.0 Å². The Bertz CT molecular complexity index is 875. The van der Waals surface area contributed by atoms with Crippen LogP contribution in [0.5, 0.6) is 0 Å². The Morgan fingerprint density at radius 1 is 1.19 bits per heavy atom. The van der Waals surface area contributed by atoms with Gasteiger partial charge in [-0.2, -0.15) is 0 Å². The molecule has 0 aliphatic heterocycles. The normalized spacial score (nSPS) is 15.2. The average Bonchev–Trinajstić information content (AvgIpc) is 3.60. The number of aliphatic hydroxyl groups excluding tert-OH is 1. The van der Waals surface area contributed by atoms with Gasteiger partial charge < -0.3 is 26.4 Å². The summed E-state index contributed by atoms with van der Waals surface area (Å²) >= 11 is 0. The minimum absolute atomic E-state index is 0. The van der Waals surface area contributed by atoms with Gasteiger partial charge in [-0.1, -0.05) is 42.5 Å². The minimum atomic E-state index is -0.807. The van der Waals surface area contributed by atoms with Crippen molar-refractivity contribution in [2.24, 2.45) is 5.73 Å². The topological polar surface area (TPSA) is 108 Å². The van der Waals surface area contributed by atoms with Gasteiger partial charge in [0.2, 0.25) is 11.8 Å². The largest absolute Gasteiger partial charge is 0.390 e. The number of carbonyl (C=O) groups excluding carboxylic acids is 2. The lowest BCUT2D eigenvalue weighted by molar-refractivity contribution is -0.129. The number of nitrogens with two attached hydrogens (primary N) is 1. The molecule has 0 heterocycles. The SMILES string of the molecule is CN(CCC(=O)N[C@H](Cc1ccc2ccccc2c1)C(=O)NCC(O)CN)C1CC1.Cl. The maximum absolute atomic E-state index is 12.7. The molecule has 7 nitrogen and oxygen atoms in total. The highest BCUT2D eigenvalue weighted by Gasteiger charge is 2.27. The van der Waals surface area contributed by atoms with Gasteiger partial charge in [-0.25, -0.2) is 0 Å². The third-order valence-electron chi connectivity index (χ3n) is 5.55. The van der Waals surface area contributed by atoms with Gasteiger partial charge in [0, 0.05) is 38.5 Å². The third-order valence-corrected chi connectivity index (χ3v) is 5.55. The Balaban J connectivity index is 0.00000341. The summed E-state index contributed by atoms with van der Waals surface area (Å²) in [4.78, 5) is 27.4. The van der Waals surface area contributed by atoms with Crippen LogP contribution in [0.25, 0.3) is 10.8 Å². The molecule has 1 fully saturated rings. The molecule has 8 heteroatoms. The standard InChI is InChI=1S/C23H32N4O3.ClH/c1-27(19-8-9-19)11-10-22(29)26-21(23(30)25-15-20(28)14-24)13-16-6-7-17-4-2-3-5-18(17)12-16;/h2-7,12,19-21,28H,8-11,13-15,24H2,1H3,(H,25,30)(H,26,29);1H/t20?,21-;/m1./s1. The van der Waals surface area contributed by atoms with Gasteiger partial charge in [0.15, 0.2) is 0 Å². The van der Waals surface area contributed by atoms with Crippen LogP contribution in [0.4, 0.5) is 0 Å². The highest BCUT2D eigenvalue weighted by Crippen LogP contribution is 2.25. The van der Waals surface area contributed by atoms with Gasteiger partial charge in [0.05, 0.1) is 6.10 Å². The van der Waals surface area contributed by atoms with Crippen LogP contribution in [0.1, 0.15) is 24.8 Å². The van der Waals surface area contributed by atoms with Crippen molar-refractivity contribution in [2.45, 2.75) is 43.9 Å². The first-order valence-electron chi connectivity index (χ1n) is 10.6. The van der Waals surface area contributed by atoms with Crippen LogP contribution in [0, 0.1) is 0 Å². The Hall–Kier alpha value is -2.19. The first-order chi connectivity index (χ1) is 14.5. The highest BCUT2D eigenvalue weighted by atomic mass is 35.5. The number of fused-ring (bicyclic) bond motifs is 1. The number of halogens is 1. The van der Waals surface area contributed by atoms with Crippen molar-refractivity contribution in [1.29, 1.82) is 0 Å². The fraction of sp³-hybridized carbons (Fsp3) is 0.478. The fourth-order valence-electron chi connectivity index (χ4n) is 3.48. The Labute approximate surface area is 189 Å². The van der Waals surface area contributed by atoms with Crippen molar-refractivity contribution >= 4 is 35.0 Å². The molecule has 2 amide bonds. The molecule has 170 valence electrons. The number of hydrogen-bond acceptors (Lipinski definition) is 5. The molecule has 3 rings (SSSR count). The molecule has 1 saturated carbocycles. The average molecular weight is 449 g/mol. The summed E-state index contributed by atoms with van der Waals surface area (Å²) in [6.07, 6.45) is 2.29. The van der Waals surface area contributed by atoms with E-state index in [2.05, 4.69) is 15.5 Å². The quantitative estimate of drug-likeness (QED) is 0.413. The zero-order valence-electron chi connectivity index (χ0n) is 17.9. The second-order valence-corrected chi connectivity index (χ2v) is 8.10. The third kappa shape index (κ3) is 7.78. The van der Waals surface area contributed by atoms with Crippen molar-refractivity contribution in [3.05, 3.63) is 48.0 Å². The van der Waals surface area contributed by atoms with Crippen molar-refractivity contribution in [2.75, 3.05) is 26.7 Å². The first kappa shape index (κ1) is 25.1. The van der Waals surface area contributed by atoms with E-state index < -0.39 is 12.1 Å². The molecule has 2 atom stereocenters. The number of hydrogen-bond donors (Lipinski definition) is 4. The van der Waals surface area contributed by atoms with E-state index in [-0.39, 0.29) is 37.3 Å². The summed E-state index contributed by atoms with van der Waals surface area (Å²) in [5.74, 6) is -0.470. The van der Waals surface area contributed by atoms with Crippen LogP contribution in [0.3, 0.4) is 0 Å². The molecule has 0 aromatic heterocycles. The minimum Gasteiger partial charge on any atom is -0.390 e. The molecule has 1 unspecified atom stereocenters. The van der Waals surface area contributed by atoms with E-state index in [0.29, 0.717) is 25.4 Å². The van der Waals surface area contributed by atoms with Crippen LogP contribution in [0.2, 0.25) is 0 Å². The molecule has 0 radical (unpaired) electrons. The van der Waals surface area contributed by atoms with E-state index in [1.165, 1.54) is 12.8 Å². The summed E-state index contributed by atoms with van der Waals surface area (Å²) in [5, 5.41) is 17.4. The first-order valence-corrected chi connectivity index (χ1v) is 10.6. The van der Waals surface area contributed by atoms with Gasteiger partial charge in [0.25, 0.3) is 0 Å². The van der Waals surface area contributed by atoms with Crippen molar-refractivity contribution in [1.82, 2.24) is 15.5 Å². The molecular formula is C23H33ClN4O3. The molecule has 1 aliphatic carbocycles. The maximum atomic E-state index is 12.7. The number of carbonyl (C=O) groups is 2. The van der Waals surface area contributed by atoms with Crippen LogP contribution in [0.15, 0.2) is 42.5 Å². The molecular weight excluding hydrogens is 416 g/mol. The van der Waals surface area contributed by atoms with Crippen molar-refractivity contribution in [3.63, 3.8) is 0 Å². The van der Waals surface area contributed by atoms with E-state index in [0.717, 1.165) is 16.3 Å². The van der Waals surface area contributed by atoms with Crippen LogP contribution in [-0.4, -0.2) is 66.7 Å². The summed E-state index contributed by atoms with van der Waals surface area (Å²) in [5.41, 5.74) is 6.37. The van der Waals surface area contributed by atoms with E-state index in [1.807, 2.05) is 49.5 Å². The number of nitrogens with zero attached hydrogens (tertiary/aromatic N) is 1. The lowest BCUT2D eigenvalue weighted by atomic mass is 10.0. The maximum Gasteiger partial charge on any atom is 0.243 e. The molecule has 5 N–H and O–H groups in total. The summed E-state index contributed by atoms with van der Waals surface area (Å²) in [6.45, 7) is 0.798. The fourth-order valence-corrected chi connectivity index (χ4v) is 3.48. The van der Waals surface area contributed by atoms with Crippen LogP contribution < -0.4 is 16.4 Å². The van der Waals surface area contributed by atoms with Gasteiger partial charge in [-0.15, -0.1) is 12.4 Å². The van der Waals surface area contributed by atoms with Gasteiger partial charge in [0.1, 0.15) is 6.04 Å². The molecule has 2 aromatic rings. The molecule has 0 saturated heterocycles. The number of amides is 2. The molecule has 0 bridgehead atoms. The van der Waals surface area contributed by atoms with E-state index in [4.69, 9.17) is 5.73 Å². The Morgan fingerprint density at radius 3 is 2.58 bits per heavy atom. The van der Waals surface area contributed by atoms with Crippen molar-refractivity contribution < 1.29 is 14.7 Å². The monoisotopic (exact) mass is 448 g/mol. The van der Waals surface area contributed by atoms with E-state index in [1.54, 1.807) is 0 Å². The molecule has 0 spiro atoms. The second-order valence-electron chi connectivity index (χ2n) is 8.10. The number of aliphatic hydroxyl groups is 1. The number of rotatable bonds is 11. The summed E-state index contributed by atoms with van der Waals surface area (Å²) < 4.78 is 0. The Kier molecular flexibility index (Phi) is 9.71. The summed E-state index contributed by atoms with van der Waals surface area (Å²) in [6, 6.07) is 13.9. The number of nitrogens with one attached hydrogen (secondary N) is 2. The van der Waals surface area contributed by atoms with Gasteiger partial charge >= 0.3 is 0 Å². The van der Waals surface area contributed by atoms with Crippen molar-refractivity contribution in [3.8, 4) is 0 Å². The number of benzene rings is 2.